The van der Waals surface area contributed by atoms with Crippen molar-refractivity contribution in [2.45, 2.75) is 11.8 Å². The van der Waals surface area contributed by atoms with Gasteiger partial charge in [0.1, 0.15) is 27.2 Å². The number of fused-ring (bicyclic) bond motifs is 1. The van der Waals surface area contributed by atoms with E-state index in [1.165, 1.54) is 30.7 Å². The van der Waals surface area contributed by atoms with Crippen LogP contribution in [0.4, 0.5) is 14.5 Å². The zero-order chi connectivity index (χ0) is 24.7. The van der Waals surface area contributed by atoms with E-state index in [-0.39, 0.29) is 11.6 Å². The Kier molecular flexibility index (Phi) is 5.65. The molecule has 0 bridgehead atoms. The van der Waals surface area contributed by atoms with Gasteiger partial charge in [-0.25, -0.2) is 31.7 Å². The van der Waals surface area contributed by atoms with Gasteiger partial charge in [0.25, 0.3) is 10.0 Å². The van der Waals surface area contributed by atoms with E-state index in [1.54, 1.807) is 16.9 Å². The van der Waals surface area contributed by atoms with Gasteiger partial charge in [0.05, 0.1) is 18.5 Å². The first-order valence-electron chi connectivity index (χ1n) is 10.1. The van der Waals surface area contributed by atoms with E-state index >= 15 is 0 Å². The second-order valence-corrected chi connectivity index (χ2v) is 9.95. The molecule has 13 heteroatoms. The number of sulfonamides is 1. The zero-order valence-corrected chi connectivity index (χ0v) is 19.9. The molecule has 0 amide bonds. The van der Waals surface area contributed by atoms with Gasteiger partial charge < -0.3 is 4.74 Å². The van der Waals surface area contributed by atoms with Crippen molar-refractivity contribution < 1.29 is 21.9 Å². The molecule has 0 radical (unpaired) electrons. The van der Waals surface area contributed by atoms with E-state index < -0.39 is 26.6 Å². The predicted octanol–water partition coefficient (Wildman–Crippen LogP) is 4.31. The van der Waals surface area contributed by atoms with Crippen LogP contribution < -0.4 is 9.46 Å². The van der Waals surface area contributed by atoms with Gasteiger partial charge in [0, 0.05) is 35.8 Å². The molecule has 0 saturated heterocycles. The number of hydrogen-bond donors (Lipinski definition) is 1. The minimum atomic E-state index is -4.40. The monoisotopic (exact) mass is 514 g/mol. The summed E-state index contributed by atoms with van der Waals surface area (Å²) >= 11 is 1.29. The van der Waals surface area contributed by atoms with Crippen molar-refractivity contribution in [3.63, 3.8) is 0 Å². The maximum absolute atomic E-state index is 14.1. The van der Waals surface area contributed by atoms with Gasteiger partial charge in [-0.1, -0.05) is 11.3 Å². The maximum atomic E-state index is 14.1. The lowest BCUT2D eigenvalue weighted by Crippen LogP contribution is -2.15. The number of aryl methyl sites for hydroxylation is 1. The van der Waals surface area contributed by atoms with Crippen LogP contribution >= 0.6 is 11.3 Å². The Bertz CT molecular complexity index is 1670. The topological polar surface area (TPSA) is 111 Å². The fourth-order valence-electron chi connectivity index (χ4n) is 3.45. The number of imidazole rings is 1. The lowest BCUT2D eigenvalue weighted by atomic mass is 10.2. The van der Waals surface area contributed by atoms with E-state index in [1.807, 2.05) is 19.1 Å². The molecule has 0 aliphatic rings. The Morgan fingerprint density at radius 3 is 2.54 bits per heavy atom. The summed E-state index contributed by atoms with van der Waals surface area (Å²) in [5, 5.41) is 5.13. The summed E-state index contributed by atoms with van der Waals surface area (Å²) in [5.41, 5.74) is 2.97. The molecular formula is C22H16F2N6O3S2. The highest BCUT2D eigenvalue weighted by atomic mass is 32.2. The zero-order valence-electron chi connectivity index (χ0n) is 18.2. The highest BCUT2D eigenvalue weighted by Crippen LogP contribution is 2.34. The van der Waals surface area contributed by atoms with Gasteiger partial charge in [-0.05, 0) is 37.3 Å². The number of methoxy groups -OCH3 is 1. The molecule has 1 aromatic carbocycles. The Labute approximate surface area is 202 Å². The van der Waals surface area contributed by atoms with Crippen molar-refractivity contribution in [2.24, 2.45) is 0 Å². The van der Waals surface area contributed by atoms with Gasteiger partial charge in [-0.15, -0.1) is 0 Å². The normalized spacial score (nSPS) is 11.7. The quantitative estimate of drug-likeness (QED) is 0.359. The van der Waals surface area contributed by atoms with Gasteiger partial charge in [-0.2, -0.15) is 5.10 Å². The molecular weight excluding hydrogens is 498 g/mol. The molecule has 0 saturated carbocycles. The molecule has 4 heterocycles. The van der Waals surface area contributed by atoms with Crippen LogP contribution in [0, 0.1) is 18.6 Å². The highest BCUT2D eigenvalue weighted by molar-refractivity contribution is 7.92. The van der Waals surface area contributed by atoms with Crippen molar-refractivity contribution in [1.82, 2.24) is 24.6 Å². The molecule has 5 rings (SSSR count). The first-order valence-corrected chi connectivity index (χ1v) is 12.4. The van der Waals surface area contributed by atoms with Crippen LogP contribution in [0.3, 0.4) is 0 Å². The molecule has 0 unspecified atom stereocenters. The van der Waals surface area contributed by atoms with Crippen LogP contribution in [-0.2, 0) is 10.0 Å². The maximum Gasteiger partial charge on any atom is 0.264 e. The summed E-state index contributed by atoms with van der Waals surface area (Å²) in [6.07, 6.45) is 4.85. The number of aromatic nitrogens is 5. The van der Waals surface area contributed by atoms with E-state index in [0.717, 1.165) is 29.1 Å². The van der Waals surface area contributed by atoms with E-state index in [2.05, 4.69) is 24.8 Å². The third-order valence-corrected chi connectivity index (χ3v) is 7.46. The highest BCUT2D eigenvalue weighted by Gasteiger charge is 2.23. The minimum Gasteiger partial charge on any atom is -0.480 e. The van der Waals surface area contributed by atoms with Crippen molar-refractivity contribution in [2.75, 3.05) is 11.8 Å². The van der Waals surface area contributed by atoms with Gasteiger partial charge in [-0.3, -0.25) is 9.71 Å². The fraction of sp³-hybridized carbons (Fsp3) is 0.0909. The average molecular weight is 515 g/mol. The first kappa shape index (κ1) is 22.8. The van der Waals surface area contributed by atoms with Crippen molar-refractivity contribution in [3.8, 4) is 27.7 Å². The van der Waals surface area contributed by atoms with Gasteiger partial charge >= 0.3 is 0 Å². The predicted molar refractivity (Wildman–Crippen MR) is 126 cm³/mol. The summed E-state index contributed by atoms with van der Waals surface area (Å²) in [5.74, 6) is -2.14. The van der Waals surface area contributed by atoms with Crippen LogP contribution in [-0.4, -0.2) is 40.1 Å². The molecule has 0 aliphatic heterocycles. The molecule has 0 aliphatic carbocycles. The van der Waals surface area contributed by atoms with E-state index in [9.17, 15) is 17.2 Å². The molecule has 0 spiro atoms. The van der Waals surface area contributed by atoms with Gasteiger partial charge in [0.15, 0.2) is 0 Å². The Morgan fingerprint density at radius 1 is 1.09 bits per heavy atom. The first-order chi connectivity index (χ1) is 16.8. The third-order valence-electron chi connectivity index (χ3n) is 5.10. The summed E-state index contributed by atoms with van der Waals surface area (Å²) < 4.78 is 62.0. The Hall–Kier alpha value is -3.97. The molecule has 1 N–H and O–H groups in total. The number of hydrogen-bond acceptors (Lipinski definition) is 8. The van der Waals surface area contributed by atoms with Crippen LogP contribution in [0.2, 0.25) is 0 Å². The molecule has 35 heavy (non-hydrogen) atoms. The summed E-state index contributed by atoms with van der Waals surface area (Å²) in [4.78, 5) is 12.8. The number of ether oxygens (including phenoxy) is 1. The molecule has 0 fully saturated rings. The number of nitrogens with zero attached hydrogens (tertiary/aromatic N) is 5. The lowest BCUT2D eigenvalue weighted by Gasteiger charge is -2.12. The number of rotatable bonds is 6. The minimum absolute atomic E-state index is 0.0302. The molecule has 178 valence electrons. The number of halogens is 2. The van der Waals surface area contributed by atoms with Crippen LogP contribution in [0.5, 0.6) is 5.88 Å². The Morgan fingerprint density at radius 2 is 1.86 bits per heavy atom. The molecule has 0 atom stereocenters. The van der Waals surface area contributed by atoms with Crippen LogP contribution in [0.1, 0.15) is 5.69 Å². The van der Waals surface area contributed by atoms with Crippen molar-refractivity contribution >= 4 is 32.0 Å². The third kappa shape index (κ3) is 4.19. The number of pyridine rings is 2. The largest absolute Gasteiger partial charge is 0.480 e. The summed E-state index contributed by atoms with van der Waals surface area (Å²) in [7, 11) is -3.08. The smallest absolute Gasteiger partial charge is 0.264 e. The lowest BCUT2D eigenvalue weighted by molar-refractivity contribution is 0.400. The second-order valence-electron chi connectivity index (χ2n) is 7.34. The molecule has 9 nitrogen and oxygen atoms in total. The summed E-state index contributed by atoms with van der Waals surface area (Å²) in [6.45, 7) is 1.89. The number of anilines is 1. The van der Waals surface area contributed by atoms with Crippen molar-refractivity contribution in [1.29, 1.82) is 0 Å². The van der Waals surface area contributed by atoms with E-state index in [4.69, 9.17) is 4.74 Å². The standard InChI is InChI=1S/C22H16F2N6O3S2/c1-12-19(13-5-7-25-8-6-13)27-22-30(12)28-21(34-22)14-9-17(20(33-2)26-11-14)29-35(31,32)18-4-3-15(23)10-16(18)24/h3-11,29H,1-2H3. The second kappa shape index (κ2) is 8.67. The molecule has 4 aromatic heterocycles. The van der Waals surface area contributed by atoms with Crippen molar-refractivity contribution in [3.05, 3.63) is 72.3 Å². The van der Waals surface area contributed by atoms with Gasteiger partial charge in [0.2, 0.25) is 10.8 Å². The summed E-state index contributed by atoms with van der Waals surface area (Å²) in [6, 6.07) is 7.38. The Balaban J connectivity index is 1.52. The SMILES string of the molecule is COc1ncc(-c2nn3c(C)c(-c4ccncc4)nc3s2)cc1NS(=O)(=O)c1ccc(F)cc1F. The number of nitrogens with one attached hydrogen (secondary N) is 1. The molecule has 5 aromatic rings. The fourth-order valence-corrected chi connectivity index (χ4v) is 5.48. The average Bonchev–Trinajstić information content (AvgIpc) is 3.38. The van der Waals surface area contributed by atoms with Crippen LogP contribution in [0.25, 0.3) is 26.8 Å². The van der Waals surface area contributed by atoms with E-state index in [0.29, 0.717) is 21.6 Å². The number of benzene rings is 1. The van der Waals surface area contributed by atoms with Crippen LogP contribution in [0.15, 0.2) is 59.9 Å².